The van der Waals surface area contributed by atoms with Gasteiger partial charge < -0.3 is 0 Å². The maximum absolute atomic E-state index is 5.54. The maximum atomic E-state index is 5.54. The first-order valence-corrected chi connectivity index (χ1v) is 17.7. The summed E-state index contributed by atoms with van der Waals surface area (Å²) in [6, 6.07) is 55.8. The van der Waals surface area contributed by atoms with Crippen LogP contribution in [0.15, 0.2) is 157 Å². The number of pyridine rings is 1. The number of rotatable bonds is 4. The van der Waals surface area contributed by atoms with Gasteiger partial charge in [0, 0.05) is 11.1 Å². The molecule has 2 aliphatic rings. The predicted molar refractivity (Wildman–Crippen MR) is 212 cm³/mol. The lowest BCUT2D eigenvalue weighted by Gasteiger charge is -2.23. The Hall–Kier alpha value is -6.05. The molecule has 1 heterocycles. The second-order valence-electron chi connectivity index (χ2n) is 14.0. The first kappa shape index (κ1) is 28.9. The van der Waals surface area contributed by atoms with Gasteiger partial charge >= 0.3 is 0 Å². The zero-order valence-electron chi connectivity index (χ0n) is 28.2. The van der Waals surface area contributed by atoms with Crippen LogP contribution >= 0.6 is 0 Å². The van der Waals surface area contributed by atoms with Crippen molar-refractivity contribution in [2.45, 2.75) is 26.2 Å². The molecule has 0 amide bonds. The summed E-state index contributed by atoms with van der Waals surface area (Å²) in [4.78, 5) is 5.54. The summed E-state index contributed by atoms with van der Waals surface area (Å²) in [7, 11) is 0. The van der Waals surface area contributed by atoms with Crippen molar-refractivity contribution in [3.63, 3.8) is 0 Å². The quantitative estimate of drug-likeness (QED) is 0.187. The highest BCUT2D eigenvalue weighted by Crippen LogP contribution is 2.58. The number of allylic oxidation sites excluding steroid dienone is 1. The van der Waals surface area contributed by atoms with Gasteiger partial charge in [-0.1, -0.05) is 146 Å². The predicted octanol–water partition coefficient (Wildman–Crippen LogP) is 13.6. The molecule has 0 radical (unpaired) electrons. The molecule has 10 rings (SSSR count). The van der Waals surface area contributed by atoms with Gasteiger partial charge in [0.25, 0.3) is 0 Å². The Kier molecular flexibility index (Phi) is 6.51. The molecule has 2 aliphatic carbocycles. The highest BCUT2D eigenvalue weighted by molar-refractivity contribution is 6.28. The van der Waals surface area contributed by atoms with Gasteiger partial charge in [0.1, 0.15) is 0 Å². The first-order valence-electron chi connectivity index (χ1n) is 17.7. The summed E-state index contributed by atoms with van der Waals surface area (Å²) in [5.74, 6) is 0.431. The molecular weight excluding hydrogens is 603 g/mol. The minimum Gasteiger partial charge on any atom is -0.247 e. The zero-order valence-corrected chi connectivity index (χ0v) is 28.2. The lowest BCUT2D eigenvalue weighted by molar-refractivity contribution is 0.736. The fraction of sp³-hybridized carbons (Fsp3) is 0.0816. The summed E-state index contributed by atoms with van der Waals surface area (Å²) in [5.41, 5.74) is 18.7. The molecule has 0 saturated carbocycles. The number of fused-ring (bicyclic) bond motifs is 5. The van der Waals surface area contributed by atoms with E-state index in [2.05, 4.69) is 172 Å². The van der Waals surface area contributed by atoms with Crippen LogP contribution in [0, 0.1) is 0 Å². The monoisotopic (exact) mass is 637 g/mol. The third kappa shape index (κ3) is 4.36. The van der Waals surface area contributed by atoms with Crippen LogP contribution in [0.4, 0.5) is 0 Å². The van der Waals surface area contributed by atoms with E-state index in [4.69, 9.17) is 4.98 Å². The maximum Gasteiger partial charge on any atom is 0.0788 e. The fourth-order valence-corrected chi connectivity index (χ4v) is 8.75. The van der Waals surface area contributed by atoms with E-state index in [0.717, 1.165) is 23.4 Å². The molecule has 236 valence electrons. The van der Waals surface area contributed by atoms with E-state index in [-0.39, 0.29) is 0 Å². The number of hydrogen-bond acceptors (Lipinski definition) is 1. The van der Waals surface area contributed by atoms with Gasteiger partial charge in [0.15, 0.2) is 0 Å². The summed E-state index contributed by atoms with van der Waals surface area (Å²) >= 11 is 0. The van der Waals surface area contributed by atoms with Crippen LogP contribution < -0.4 is 0 Å². The molecule has 0 saturated heterocycles. The van der Waals surface area contributed by atoms with E-state index in [1.165, 1.54) is 88.3 Å². The number of nitrogens with zero attached hydrogens (tertiary/aromatic N) is 1. The van der Waals surface area contributed by atoms with E-state index < -0.39 is 0 Å². The molecule has 0 aliphatic heterocycles. The minimum absolute atomic E-state index is 0.431. The van der Waals surface area contributed by atoms with E-state index >= 15 is 0 Å². The average Bonchev–Trinajstić information content (AvgIpc) is 3.49. The van der Waals surface area contributed by atoms with Crippen LogP contribution in [0.25, 0.3) is 94.5 Å². The van der Waals surface area contributed by atoms with Crippen molar-refractivity contribution in [1.82, 2.24) is 4.98 Å². The second-order valence-corrected chi connectivity index (χ2v) is 14.0. The highest BCUT2D eigenvalue weighted by atomic mass is 14.7. The molecule has 1 atom stereocenters. The second kappa shape index (κ2) is 11.3. The molecule has 0 fully saturated rings. The Morgan fingerprint density at radius 2 is 1.08 bits per heavy atom. The molecule has 50 heavy (non-hydrogen) atoms. The van der Waals surface area contributed by atoms with Crippen LogP contribution in [-0.4, -0.2) is 4.98 Å². The Morgan fingerprint density at radius 3 is 1.72 bits per heavy atom. The number of benzene rings is 7. The van der Waals surface area contributed by atoms with Gasteiger partial charge in [-0.05, 0) is 121 Å². The summed E-state index contributed by atoms with van der Waals surface area (Å²) < 4.78 is 0. The van der Waals surface area contributed by atoms with Crippen LogP contribution in [0.2, 0.25) is 0 Å². The molecule has 1 nitrogen and oxygen atoms in total. The lowest BCUT2D eigenvalue weighted by atomic mass is 9.82. The van der Waals surface area contributed by atoms with Gasteiger partial charge in [-0.2, -0.15) is 0 Å². The van der Waals surface area contributed by atoms with Crippen molar-refractivity contribution in [2.24, 2.45) is 0 Å². The molecule has 1 aromatic heterocycles. The van der Waals surface area contributed by atoms with Crippen LogP contribution in [-0.2, 0) is 0 Å². The normalized spacial score (nSPS) is 14.4. The Morgan fingerprint density at radius 1 is 0.500 bits per heavy atom. The zero-order chi connectivity index (χ0) is 33.3. The molecular formula is C49H35N. The van der Waals surface area contributed by atoms with E-state index in [0.29, 0.717) is 5.92 Å². The Balaban J connectivity index is 1.35. The SMILES string of the molecule is CC1=Cc2nc(-c3cc4c5c(cccc5c3)-c3c-4c(-c4ccccc4)c4ccccc4c3-c3ccccc3)c(-c3ccccc3)cc2C(C)C1. The first-order chi connectivity index (χ1) is 24.6. The van der Waals surface area contributed by atoms with E-state index in [1.54, 1.807) is 0 Å². The van der Waals surface area contributed by atoms with Gasteiger partial charge in [0.05, 0.1) is 11.4 Å². The van der Waals surface area contributed by atoms with Crippen molar-refractivity contribution < 1.29 is 0 Å². The summed E-state index contributed by atoms with van der Waals surface area (Å²) in [6.07, 6.45) is 3.37. The summed E-state index contributed by atoms with van der Waals surface area (Å²) in [6.45, 7) is 4.57. The summed E-state index contributed by atoms with van der Waals surface area (Å²) in [5, 5.41) is 5.11. The smallest absolute Gasteiger partial charge is 0.0788 e. The third-order valence-corrected chi connectivity index (χ3v) is 10.8. The largest absolute Gasteiger partial charge is 0.247 e. The lowest BCUT2D eigenvalue weighted by Crippen LogP contribution is -2.07. The molecule has 0 bridgehead atoms. The number of hydrogen-bond donors (Lipinski definition) is 0. The minimum atomic E-state index is 0.431. The van der Waals surface area contributed by atoms with E-state index in [1.807, 2.05) is 0 Å². The van der Waals surface area contributed by atoms with Gasteiger partial charge in [-0.3, -0.25) is 0 Å². The van der Waals surface area contributed by atoms with Gasteiger partial charge in [-0.15, -0.1) is 0 Å². The topological polar surface area (TPSA) is 12.9 Å². The molecule has 1 unspecified atom stereocenters. The Bertz CT molecular complexity index is 2670. The van der Waals surface area contributed by atoms with Crippen molar-refractivity contribution in [3.8, 4) is 66.9 Å². The van der Waals surface area contributed by atoms with Gasteiger partial charge in [0.2, 0.25) is 0 Å². The Labute approximate surface area is 293 Å². The molecule has 0 N–H and O–H groups in total. The molecule has 8 aromatic rings. The molecule has 7 aromatic carbocycles. The standard InChI is InChI=1S/C49H35N/c1-30-25-31(2)40-29-41(32-15-6-3-7-16-32)49(50-43(40)26-30)36-27-35-21-14-24-39-44(35)42(28-36)48-46(34-19-10-5-11-20-34)38-23-13-12-22-37(38)45(47(39)48)33-17-8-4-9-18-33/h3-24,26-29,31H,25H2,1-2H3. The van der Waals surface area contributed by atoms with Crippen LogP contribution in [0.3, 0.4) is 0 Å². The molecule has 1 heteroatoms. The third-order valence-electron chi connectivity index (χ3n) is 10.8. The van der Waals surface area contributed by atoms with Crippen LogP contribution in [0.1, 0.15) is 37.4 Å². The van der Waals surface area contributed by atoms with Crippen LogP contribution in [0.5, 0.6) is 0 Å². The van der Waals surface area contributed by atoms with Crippen molar-refractivity contribution in [2.75, 3.05) is 0 Å². The van der Waals surface area contributed by atoms with Crippen molar-refractivity contribution in [3.05, 3.63) is 168 Å². The van der Waals surface area contributed by atoms with Gasteiger partial charge in [-0.25, -0.2) is 4.98 Å². The van der Waals surface area contributed by atoms with Crippen molar-refractivity contribution >= 4 is 27.6 Å². The average molecular weight is 638 g/mol. The van der Waals surface area contributed by atoms with E-state index in [9.17, 15) is 0 Å². The van der Waals surface area contributed by atoms with Crippen molar-refractivity contribution in [1.29, 1.82) is 0 Å². The highest BCUT2D eigenvalue weighted by Gasteiger charge is 2.31. The fourth-order valence-electron chi connectivity index (χ4n) is 8.75. The number of aromatic nitrogens is 1. The molecule has 0 spiro atoms.